The number of nitrogens with one attached hydrogen (secondary N) is 1. The van der Waals surface area contributed by atoms with Gasteiger partial charge in [-0.05, 0) is 36.8 Å². The molecule has 0 aromatic heterocycles. The molecule has 2 heteroatoms. The molecule has 0 aromatic rings. The van der Waals surface area contributed by atoms with E-state index in [0.29, 0.717) is 0 Å². The van der Waals surface area contributed by atoms with Crippen molar-refractivity contribution < 1.29 is 0 Å². The number of allylic oxidation sites excluding steroid dienone is 2. The van der Waals surface area contributed by atoms with Gasteiger partial charge in [-0.1, -0.05) is 33.8 Å². The van der Waals surface area contributed by atoms with E-state index in [1.54, 1.807) is 0 Å². The van der Waals surface area contributed by atoms with Crippen LogP contribution in [0.2, 0.25) is 0 Å². The standard InChI is InChI=1S/C10H12N2.2C2H6/c1-6-11-5-9-8-4-7(8)2-3-10(9)12-6;2*1-2/h2-3,7-8H,4-5H2,1H3,(H,11,12);2*1-2H3. The predicted octanol–water partition coefficient (Wildman–Crippen LogP) is 3.52. The molecule has 1 aliphatic heterocycles. The average molecular weight is 220 g/mol. The van der Waals surface area contributed by atoms with Crippen molar-refractivity contribution in [2.24, 2.45) is 16.8 Å². The van der Waals surface area contributed by atoms with E-state index in [4.69, 9.17) is 0 Å². The average Bonchev–Trinajstić information content (AvgIpc) is 3.13. The second kappa shape index (κ2) is 5.88. The van der Waals surface area contributed by atoms with Gasteiger partial charge in [-0.15, -0.1) is 0 Å². The lowest BCUT2D eigenvalue weighted by molar-refractivity contribution is 0.811. The maximum Gasteiger partial charge on any atom is 0.0979 e. The topological polar surface area (TPSA) is 24.4 Å². The molecular weight excluding hydrogens is 196 g/mol. The highest BCUT2D eigenvalue weighted by Gasteiger charge is 2.41. The van der Waals surface area contributed by atoms with E-state index in [1.165, 1.54) is 17.7 Å². The summed E-state index contributed by atoms with van der Waals surface area (Å²) in [6.45, 7) is 11.0. The van der Waals surface area contributed by atoms with Crippen molar-refractivity contribution in [2.75, 3.05) is 6.54 Å². The number of rotatable bonds is 0. The molecule has 90 valence electrons. The molecule has 1 fully saturated rings. The van der Waals surface area contributed by atoms with Crippen LogP contribution < -0.4 is 5.32 Å². The summed E-state index contributed by atoms with van der Waals surface area (Å²) in [4.78, 5) is 4.41. The Morgan fingerprint density at radius 2 is 1.94 bits per heavy atom. The van der Waals surface area contributed by atoms with Crippen LogP contribution in [0.1, 0.15) is 41.0 Å². The van der Waals surface area contributed by atoms with E-state index in [9.17, 15) is 0 Å². The molecule has 0 saturated heterocycles. The molecule has 2 aliphatic carbocycles. The Labute approximate surface area is 99.5 Å². The first kappa shape index (κ1) is 13.0. The summed E-state index contributed by atoms with van der Waals surface area (Å²) in [6.07, 6.45) is 5.91. The first-order valence-electron chi connectivity index (χ1n) is 6.54. The molecule has 0 radical (unpaired) electrons. The Kier molecular flexibility index (Phi) is 4.78. The molecular formula is C14H24N2. The van der Waals surface area contributed by atoms with Crippen LogP contribution in [-0.4, -0.2) is 12.4 Å². The van der Waals surface area contributed by atoms with Gasteiger partial charge in [0.2, 0.25) is 0 Å². The second-order valence-electron chi connectivity index (χ2n) is 3.83. The van der Waals surface area contributed by atoms with Crippen molar-refractivity contribution in [3.63, 3.8) is 0 Å². The number of nitrogens with zero attached hydrogens (tertiary/aromatic N) is 1. The minimum absolute atomic E-state index is 0.828. The molecule has 3 rings (SSSR count). The van der Waals surface area contributed by atoms with Gasteiger partial charge < -0.3 is 5.32 Å². The van der Waals surface area contributed by atoms with Crippen molar-refractivity contribution in [2.45, 2.75) is 41.0 Å². The third kappa shape index (κ3) is 2.55. The zero-order valence-electron chi connectivity index (χ0n) is 11.2. The largest absolute Gasteiger partial charge is 0.344 e. The van der Waals surface area contributed by atoms with Crippen LogP contribution in [-0.2, 0) is 0 Å². The highest BCUT2D eigenvalue weighted by atomic mass is 15.0. The Balaban J connectivity index is 0.000000291. The van der Waals surface area contributed by atoms with Gasteiger partial charge in [-0.25, -0.2) is 0 Å². The summed E-state index contributed by atoms with van der Waals surface area (Å²) in [6, 6.07) is 0. The summed E-state index contributed by atoms with van der Waals surface area (Å²) < 4.78 is 0. The first-order chi connectivity index (χ1) is 7.84. The molecule has 1 N–H and O–H groups in total. The zero-order valence-corrected chi connectivity index (χ0v) is 11.2. The molecule has 3 aliphatic rings. The minimum Gasteiger partial charge on any atom is -0.344 e. The lowest BCUT2D eigenvalue weighted by Crippen LogP contribution is -2.27. The molecule has 16 heavy (non-hydrogen) atoms. The van der Waals surface area contributed by atoms with Crippen molar-refractivity contribution >= 4 is 5.84 Å². The summed E-state index contributed by atoms with van der Waals surface area (Å²) in [5.41, 5.74) is 2.86. The van der Waals surface area contributed by atoms with E-state index < -0.39 is 0 Å². The van der Waals surface area contributed by atoms with Crippen LogP contribution in [0.15, 0.2) is 28.4 Å². The van der Waals surface area contributed by atoms with Crippen LogP contribution >= 0.6 is 0 Å². The maximum atomic E-state index is 4.41. The van der Waals surface area contributed by atoms with Crippen LogP contribution in [0.4, 0.5) is 0 Å². The fraction of sp³-hybridized carbons (Fsp3) is 0.643. The summed E-state index contributed by atoms with van der Waals surface area (Å²) in [7, 11) is 0. The van der Waals surface area contributed by atoms with Gasteiger partial charge in [0, 0.05) is 5.70 Å². The fourth-order valence-corrected chi connectivity index (χ4v) is 2.12. The van der Waals surface area contributed by atoms with Gasteiger partial charge in [-0.3, -0.25) is 4.99 Å². The summed E-state index contributed by atoms with van der Waals surface area (Å²) in [5.74, 6) is 2.73. The normalized spacial score (nSPS) is 28.2. The van der Waals surface area contributed by atoms with E-state index >= 15 is 0 Å². The molecule has 1 saturated carbocycles. The van der Waals surface area contributed by atoms with E-state index in [-0.39, 0.29) is 0 Å². The third-order valence-corrected chi connectivity index (χ3v) is 2.95. The molecule has 1 heterocycles. The van der Waals surface area contributed by atoms with Gasteiger partial charge in [0.1, 0.15) is 0 Å². The molecule has 2 nitrogen and oxygen atoms in total. The smallest absolute Gasteiger partial charge is 0.0979 e. The molecule has 2 atom stereocenters. The highest BCUT2D eigenvalue weighted by molar-refractivity contribution is 5.83. The Morgan fingerprint density at radius 3 is 2.62 bits per heavy atom. The van der Waals surface area contributed by atoms with Gasteiger partial charge >= 0.3 is 0 Å². The van der Waals surface area contributed by atoms with E-state index in [2.05, 4.69) is 22.5 Å². The van der Waals surface area contributed by atoms with Crippen LogP contribution in [0, 0.1) is 11.8 Å². The number of hydrogen-bond acceptors (Lipinski definition) is 2. The van der Waals surface area contributed by atoms with Crippen molar-refractivity contribution in [1.82, 2.24) is 5.32 Å². The molecule has 0 aromatic carbocycles. The number of hydrogen-bond donors (Lipinski definition) is 1. The van der Waals surface area contributed by atoms with Crippen LogP contribution in [0.3, 0.4) is 0 Å². The fourth-order valence-electron chi connectivity index (χ4n) is 2.12. The molecule has 2 unspecified atom stereocenters. The first-order valence-corrected chi connectivity index (χ1v) is 6.54. The third-order valence-electron chi connectivity index (χ3n) is 2.95. The number of fused-ring (bicyclic) bond motifs is 2. The molecule has 0 bridgehead atoms. The Bertz CT molecular complexity index is 324. The van der Waals surface area contributed by atoms with Crippen molar-refractivity contribution in [1.29, 1.82) is 0 Å². The van der Waals surface area contributed by atoms with Crippen molar-refractivity contribution in [3.8, 4) is 0 Å². The minimum atomic E-state index is 0.828. The maximum absolute atomic E-state index is 4.41. The lowest BCUT2D eigenvalue weighted by atomic mass is 10.0. The summed E-state index contributed by atoms with van der Waals surface area (Å²) in [5, 5.41) is 3.32. The van der Waals surface area contributed by atoms with Gasteiger partial charge in [0.25, 0.3) is 0 Å². The monoisotopic (exact) mass is 220 g/mol. The number of amidine groups is 1. The van der Waals surface area contributed by atoms with E-state index in [0.717, 1.165) is 24.2 Å². The summed E-state index contributed by atoms with van der Waals surface area (Å²) >= 11 is 0. The Morgan fingerprint density at radius 1 is 1.25 bits per heavy atom. The highest BCUT2D eigenvalue weighted by Crippen LogP contribution is 2.49. The van der Waals surface area contributed by atoms with E-state index in [1.807, 2.05) is 34.6 Å². The zero-order chi connectivity index (χ0) is 12.1. The van der Waals surface area contributed by atoms with Gasteiger partial charge in [0.05, 0.1) is 12.4 Å². The van der Waals surface area contributed by atoms with Crippen molar-refractivity contribution in [3.05, 3.63) is 23.4 Å². The van der Waals surface area contributed by atoms with Gasteiger partial charge in [0.15, 0.2) is 0 Å². The van der Waals surface area contributed by atoms with Gasteiger partial charge in [-0.2, -0.15) is 0 Å². The van der Waals surface area contributed by atoms with Crippen LogP contribution in [0.5, 0.6) is 0 Å². The van der Waals surface area contributed by atoms with Crippen LogP contribution in [0.25, 0.3) is 0 Å². The Hall–Kier alpha value is -1.05. The second-order valence-corrected chi connectivity index (χ2v) is 3.83. The molecule has 0 amide bonds. The lowest BCUT2D eigenvalue weighted by Gasteiger charge is -2.20. The molecule has 0 spiro atoms. The SMILES string of the molecule is CC.CC.CC1=NCC2=C(C=CC3CC23)N1. The number of aliphatic imine (C=N–C) groups is 1. The predicted molar refractivity (Wildman–Crippen MR) is 71.6 cm³/mol. The quantitative estimate of drug-likeness (QED) is 0.663.